The van der Waals surface area contributed by atoms with Gasteiger partial charge in [0.15, 0.2) is 0 Å². The monoisotopic (exact) mass is 255 g/mol. The molecule has 2 atom stereocenters. The second-order valence-electron chi connectivity index (χ2n) is 3.94. The first-order chi connectivity index (χ1) is 6.56. The molecule has 0 saturated heterocycles. The fraction of sp³-hybridized carbons (Fsp3) is 0.500. The van der Waals surface area contributed by atoms with Crippen molar-refractivity contribution in [3.05, 3.63) is 33.8 Å². The molecule has 0 heterocycles. The molecule has 1 nitrogen and oxygen atoms in total. The third-order valence-corrected chi connectivity index (χ3v) is 3.46. The van der Waals surface area contributed by atoms with Crippen molar-refractivity contribution < 1.29 is 0 Å². The molecule has 0 saturated carbocycles. The van der Waals surface area contributed by atoms with E-state index in [0.29, 0.717) is 5.92 Å². The first-order valence-electron chi connectivity index (χ1n) is 5.08. The van der Waals surface area contributed by atoms with E-state index in [9.17, 15) is 0 Å². The number of aryl methyl sites for hydroxylation is 1. The van der Waals surface area contributed by atoms with E-state index >= 15 is 0 Å². The highest BCUT2D eigenvalue weighted by atomic mass is 79.9. The van der Waals surface area contributed by atoms with Crippen LogP contribution in [0.5, 0.6) is 0 Å². The van der Waals surface area contributed by atoms with Crippen molar-refractivity contribution in [1.29, 1.82) is 0 Å². The second-order valence-corrected chi connectivity index (χ2v) is 4.79. The minimum Gasteiger partial charge on any atom is -0.324 e. The van der Waals surface area contributed by atoms with Gasteiger partial charge in [0.25, 0.3) is 0 Å². The molecule has 0 bridgehead atoms. The normalized spacial score (nSPS) is 15.2. The number of hydrogen-bond donors (Lipinski definition) is 1. The van der Waals surface area contributed by atoms with E-state index in [4.69, 9.17) is 5.73 Å². The number of rotatable bonds is 3. The average Bonchev–Trinajstić information content (AvgIpc) is 2.15. The molecule has 0 aliphatic rings. The summed E-state index contributed by atoms with van der Waals surface area (Å²) in [6, 6.07) is 6.49. The zero-order valence-corrected chi connectivity index (χ0v) is 10.6. The van der Waals surface area contributed by atoms with Gasteiger partial charge in [-0.1, -0.05) is 48.3 Å². The Bertz CT molecular complexity index is 309. The van der Waals surface area contributed by atoms with Gasteiger partial charge < -0.3 is 5.73 Å². The lowest BCUT2D eigenvalue weighted by Crippen LogP contribution is -2.18. The molecule has 2 unspecified atom stereocenters. The van der Waals surface area contributed by atoms with Gasteiger partial charge in [0.05, 0.1) is 0 Å². The Kier molecular flexibility index (Phi) is 4.14. The molecule has 1 rings (SSSR count). The fourth-order valence-corrected chi connectivity index (χ4v) is 2.22. The van der Waals surface area contributed by atoms with Crippen LogP contribution in [0.15, 0.2) is 22.7 Å². The minimum absolute atomic E-state index is 0.134. The molecule has 0 fully saturated rings. The van der Waals surface area contributed by atoms with Crippen LogP contribution >= 0.6 is 15.9 Å². The molecule has 0 radical (unpaired) electrons. The third kappa shape index (κ3) is 2.58. The van der Waals surface area contributed by atoms with Crippen LogP contribution in [-0.4, -0.2) is 0 Å². The van der Waals surface area contributed by atoms with Crippen molar-refractivity contribution >= 4 is 15.9 Å². The molecular formula is C12H18BrN. The van der Waals surface area contributed by atoms with Gasteiger partial charge in [-0.3, -0.25) is 0 Å². The summed E-state index contributed by atoms with van der Waals surface area (Å²) in [4.78, 5) is 0. The van der Waals surface area contributed by atoms with E-state index in [0.717, 1.165) is 10.9 Å². The van der Waals surface area contributed by atoms with Gasteiger partial charge in [-0.2, -0.15) is 0 Å². The van der Waals surface area contributed by atoms with Crippen LogP contribution < -0.4 is 5.73 Å². The van der Waals surface area contributed by atoms with Crippen LogP contribution in [0.3, 0.4) is 0 Å². The van der Waals surface area contributed by atoms with Crippen LogP contribution in [0.2, 0.25) is 0 Å². The summed E-state index contributed by atoms with van der Waals surface area (Å²) >= 11 is 3.57. The lowest BCUT2D eigenvalue weighted by molar-refractivity contribution is 0.455. The standard InChI is InChI=1S/C12H18BrN/c1-4-9(3)12(14)10-6-5-8(2)7-11(10)13/h5-7,9,12H,4,14H2,1-3H3. The Morgan fingerprint density at radius 2 is 2.07 bits per heavy atom. The zero-order chi connectivity index (χ0) is 10.7. The van der Waals surface area contributed by atoms with Crippen molar-refractivity contribution in [2.75, 3.05) is 0 Å². The molecule has 0 amide bonds. The molecule has 2 heteroatoms. The highest BCUT2D eigenvalue weighted by molar-refractivity contribution is 9.10. The van der Waals surface area contributed by atoms with Crippen molar-refractivity contribution in [2.45, 2.75) is 33.2 Å². The lowest BCUT2D eigenvalue weighted by Gasteiger charge is -2.20. The number of hydrogen-bond acceptors (Lipinski definition) is 1. The van der Waals surface area contributed by atoms with E-state index in [2.05, 4.69) is 54.9 Å². The summed E-state index contributed by atoms with van der Waals surface area (Å²) in [5.41, 5.74) is 8.64. The van der Waals surface area contributed by atoms with Crippen molar-refractivity contribution in [3.63, 3.8) is 0 Å². The summed E-state index contributed by atoms with van der Waals surface area (Å²) in [6.07, 6.45) is 1.11. The first-order valence-corrected chi connectivity index (χ1v) is 5.87. The highest BCUT2D eigenvalue weighted by Crippen LogP contribution is 2.28. The zero-order valence-electron chi connectivity index (χ0n) is 9.05. The molecule has 0 aliphatic carbocycles. The average molecular weight is 256 g/mol. The van der Waals surface area contributed by atoms with Gasteiger partial charge >= 0.3 is 0 Å². The van der Waals surface area contributed by atoms with Crippen molar-refractivity contribution in [1.82, 2.24) is 0 Å². The summed E-state index contributed by atoms with van der Waals surface area (Å²) in [7, 11) is 0. The van der Waals surface area contributed by atoms with E-state index in [1.807, 2.05) is 0 Å². The molecule has 1 aromatic rings. The Hall–Kier alpha value is -0.340. The summed E-state index contributed by atoms with van der Waals surface area (Å²) in [5, 5.41) is 0. The fourth-order valence-electron chi connectivity index (χ4n) is 1.46. The number of nitrogens with two attached hydrogens (primary N) is 1. The lowest BCUT2D eigenvalue weighted by atomic mass is 9.93. The maximum absolute atomic E-state index is 6.17. The molecular weight excluding hydrogens is 238 g/mol. The second kappa shape index (κ2) is 4.94. The van der Waals surface area contributed by atoms with Crippen LogP contribution in [0, 0.1) is 12.8 Å². The Labute approximate surface area is 94.8 Å². The van der Waals surface area contributed by atoms with E-state index in [-0.39, 0.29) is 6.04 Å². The van der Waals surface area contributed by atoms with Gasteiger partial charge in [0.2, 0.25) is 0 Å². The molecule has 0 aliphatic heterocycles. The molecule has 14 heavy (non-hydrogen) atoms. The Morgan fingerprint density at radius 1 is 1.43 bits per heavy atom. The van der Waals surface area contributed by atoms with Crippen LogP contribution in [0.25, 0.3) is 0 Å². The predicted molar refractivity (Wildman–Crippen MR) is 65.3 cm³/mol. The summed E-state index contributed by atoms with van der Waals surface area (Å²) in [6.45, 7) is 6.45. The third-order valence-electron chi connectivity index (χ3n) is 2.77. The quantitative estimate of drug-likeness (QED) is 0.874. The maximum Gasteiger partial charge on any atom is 0.0332 e. The van der Waals surface area contributed by atoms with E-state index in [1.165, 1.54) is 11.1 Å². The smallest absolute Gasteiger partial charge is 0.0332 e. The van der Waals surface area contributed by atoms with Crippen LogP contribution in [0.4, 0.5) is 0 Å². The van der Waals surface area contributed by atoms with Crippen LogP contribution in [0.1, 0.15) is 37.4 Å². The van der Waals surface area contributed by atoms with Crippen LogP contribution in [-0.2, 0) is 0 Å². The number of benzene rings is 1. The Morgan fingerprint density at radius 3 is 2.57 bits per heavy atom. The molecule has 0 spiro atoms. The Balaban J connectivity index is 2.95. The van der Waals surface area contributed by atoms with Gasteiger partial charge in [0, 0.05) is 10.5 Å². The molecule has 1 aromatic carbocycles. The van der Waals surface area contributed by atoms with Gasteiger partial charge in [-0.05, 0) is 30.0 Å². The SMILES string of the molecule is CCC(C)C(N)c1ccc(C)cc1Br. The van der Waals surface area contributed by atoms with Gasteiger partial charge in [-0.25, -0.2) is 0 Å². The molecule has 78 valence electrons. The molecule has 2 N–H and O–H groups in total. The largest absolute Gasteiger partial charge is 0.324 e. The van der Waals surface area contributed by atoms with Crippen molar-refractivity contribution in [3.8, 4) is 0 Å². The number of halogens is 1. The maximum atomic E-state index is 6.17. The first kappa shape index (κ1) is 11.7. The summed E-state index contributed by atoms with van der Waals surface area (Å²) < 4.78 is 1.13. The van der Waals surface area contributed by atoms with E-state index in [1.54, 1.807) is 0 Å². The predicted octanol–water partition coefficient (Wildman–Crippen LogP) is 3.80. The minimum atomic E-state index is 0.134. The molecule has 0 aromatic heterocycles. The van der Waals surface area contributed by atoms with E-state index < -0.39 is 0 Å². The van der Waals surface area contributed by atoms with Crippen molar-refractivity contribution in [2.24, 2.45) is 11.7 Å². The van der Waals surface area contributed by atoms with Gasteiger partial charge in [-0.15, -0.1) is 0 Å². The summed E-state index contributed by atoms with van der Waals surface area (Å²) in [5.74, 6) is 0.522. The topological polar surface area (TPSA) is 26.0 Å². The highest BCUT2D eigenvalue weighted by Gasteiger charge is 2.15. The van der Waals surface area contributed by atoms with Gasteiger partial charge in [0.1, 0.15) is 0 Å².